The summed E-state index contributed by atoms with van der Waals surface area (Å²) in [5.74, 6) is 0.307. The van der Waals surface area contributed by atoms with Crippen LogP contribution >= 0.6 is 11.6 Å². The number of anilines is 1. The highest BCUT2D eigenvalue weighted by atomic mass is 35.5. The van der Waals surface area contributed by atoms with E-state index in [1.807, 2.05) is 26.0 Å². The van der Waals surface area contributed by atoms with Gasteiger partial charge in [0.05, 0.1) is 16.6 Å². The molecule has 74 valence electrons. The second-order valence-electron chi connectivity index (χ2n) is 3.92. The predicted molar refractivity (Wildman–Crippen MR) is 57.7 cm³/mol. The molecule has 0 radical (unpaired) electrons. The van der Waals surface area contributed by atoms with Crippen molar-refractivity contribution in [3.8, 4) is 0 Å². The number of carbonyl (C=O) groups excluding carboxylic acids is 1. The van der Waals surface area contributed by atoms with Crippen LogP contribution in [0.5, 0.6) is 0 Å². The van der Waals surface area contributed by atoms with E-state index in [1.54, 1.807) is 6.07 Å². The maximum Gasteiger partial charge on any atom is 0.232 e. The maximum atomic E-state index is 11.7. The summed E-state index contributed by atoms with van der Waals surface area (Å²) < 4.78 is 0. The molecule has 0 aromatic heterocycles. The average molecular weight is 210 g/mol. The van der Waals surface area contributed by atoms with Crippen molar-refractivity contribution in [3.63, 3.8) is 0 Å². The highest BCUT2D eigenvalue weighted by Gasteiger charge is 2.33. The standard InChI is InChI=1S/C11H12ClNO/c1-6(2)9-7-4-3-5-8(12)10(7)13-11(9)14/h3-6,9H,1-2H3,(H,13,14)/t9-/m1/s1. The molecule has 1 N–H and O–H groups in total. The molecule has 0 saturated heterocycles. The van der Waals surface area contributed by atoms with Crippen molar-refractivity contribution in [3.05, 3.63) is 28.8 Å². The molecule has 1 amide bonds. The van der Waals surface area contributed by atoms with Gasteiger partial charge in [-0.15, -0.1) is 0 Å². The Balaban J connectivity index is 2.53. The van der Waals surface area contributed by atoms with Gasteiger partial charge in [-0.1, -0.05) is 37.6 Å². The lowest BCUT2D eigenvalue weighted by molar-refractivity contribution is -0.117. The second kappa shape index (κ2) is 3.28. The van der Waals surface area contributed by atoms with Crippen molar-refractivity contribution in [2.24, 2.45) is 5.92 Å². The summed E-state index contributed by atoms with van der Waals surface area (Å²) in [4.78, 5) is 11.7. The van der Waals surface area contributed by atoms with Crippen LogP contribution in [0.25, 0.3) is 0 Å². The molecule has 2 nitrogen and oxygen atoms in total. The van der Waals surface area contributed by atoms with Crippen LogP contribution < -0.4 is 5.32 Å². The highest BCUT2D eigenvalue weighted by molar-refractivity contribution is 6.34. The zero-order valence-corrected chi connectivity index (χ0v) is 8.93. The molecule has 0 fully saturated rings. The Bertz CT molecular complexity index is 387. The first kappa shape index (κ1) is 9.53. The van der Waals surface area contributed by atoms with E-state index < -0.39 is 0 Å². The summed E-state index contributed by atoms with van der Waals surface area (Å²) in [6, 6.07) is 5.64. The molecule has 0 bridgehead atoms. The van der Waals surface area contributed by atoms with Gasteiger partial charge in [0.15, 0.2) is 0 Å². The molecule has 1 heterocycles. The number of fused-ring (bicyclic) bond motifs is 1. The van der Waals surface area contributed by atoms with Gasteiger partial charge in [0, 0.05) is 0 Å². The summed E-state index contributed by atoms with van der Waals surface area (Å²) in [5, 5.41) is 3.45. The van der Waals surface area contributed by atoms with Gasteiger partial charge in [0.25, 0.3) is 0 Å². The Hall–Kier alpha value is -1.02. The minimum atomic E-state index is -0.0521. The molecule has 1 aliphatic rings. The van der Waals surface area contributed by atoms with Crippen molar-refractivity contribution in [1.82, 2.24) is 0 Å². The Morgan fingerprint density at radius 3 is 2.79 bits per heavy atom. The second-order valence-corrected chi connectivity index (χ2v) is 4.32. The van der Waals surface area contributed by atoms with Crippen LogP contribution in [0.4, 0.5) is 5.69 Å². The van der Waals surface area contributed by atoms with E-state index in [-0.39, 0.29) is 11.8 Å². The molecule has 0 spiro atoms. The van der Waals surface area contributed by atoms with Crippen molar-refractivity contribution >= 4 is 23.2 Å². The third-order valence-electron chi connectivity index (χ3n) is 2.58. The Kier molecular flexibility index (Phi) is 2.23. The van der Waals surface area contributed by atoms with Gasteiger partial charge in [-0.2, -0.15) is 0 Å². The van der Waals surface area contributed by atoms with E-state index in [0.29, 0.717) is 10.9 Å². The van der Waals surface area contributed by atoms with Gasteiger partial charge in [0.2, 0.25) is 5.91 Å². The van der Waals surface area contributed by atoms with Crippen molar-refractivity contribution < 1.29 is 4.79 Å². The van der Waals surface area contributed by atoms with Crippen LogP contribution in [0.3, 0.4) is 0 Å². The molecule has 0 unspecified atom stereocenters. The lowest BCUT2D eigenvalue weighted by Gasteiger charge is -2.12. The topological polar surface area (TPSA) is 29.1 Å². The molecule has 1 aromatic carbocycles. The monoisotopic (exact) mass is 209 g/mol. The highest BCUT2D eigenvalue weighted by Crippen LogP contribution is 2.40. The molecule has 0 aliphatic carbocycles. The van der Waals surface area contributed by atoms with Crippen molar-refractivity contribution in [2.45, 2.75) is 19.8 Å². The zero-order chi connectivity index (χ0) is 10.3. The summed E-state index contributed by atoms with van der Waals surface area (Å²) in [6.45, 7) is 4.08. The van der Waals surface area contributed by atoms with Gasteiger partial charge in [-0.3, -0.25) is 4.79 Å². The van der Waals surface area contributed by atoms with E-state index in [9.17, 15) is 4.79 Å². The van der Waals surface area contributed by atoms with Gasteiger partial charge in [-0.05, 0) is 17.5 Å². The van der Waals surface area contributed by atoms with E-state index in [1.165, 1.54) is 0 Å². The largest absolute Gasteiger partial charge is 0.324 e. The zero-order valence-electron chi connectivity index (χ0n) is 8.17. The fourth-order valence-electron chi connectivity index (χ4n) is 1.94. The van der Waals surface area contributed by atoms with Crippen molar-refractivity contribution in [2.75, 3.05) is 5.32 Å². The van der Waals surface area contributed by atoms with Gasteiger partial charge in [0.1, 0.15) is 0 Å². The lowest BCUT2D eigenvalue weighted by atomic mass is 9.90. The van der Waals surface area contributed by atoms with Crippen LogP contribution in [0.2, 0.25) is 5.02 Å². The number of benzene rings is 1. The number of rotatable bonds is 1. The molecule has 1 atom stereocenters. The van der Waals surface area contributed by atoms with Crippen LogP contribution in [0.1, 0.15) is 25.3 Å². The molecule has 1 aromatic rings. The third kappa shape index (κ3) is 1.30. The number of para-hydroxylation sites is 1. The van der Waals surface area contributed by atoms with E-state index in [2.05, 4.69) is 5.32 Å². The molecule has 3 heteroatoms. The predicted octanol–water partition coefficient (Wildman–Crippen LogP) is 3.03. The van der Waals surface area contributed by atoms with Gasteiger partial charge >= 0.3 is 0 Å². The molecule has 0 saturated carbocycles. The van der Waals surface area contributed by atoms with Crippen LogP contribution in [0.15, 0.2) is 18.2 Å². The number of amides is 1. The maximum absolute atomic E-state index is 11.7. The number of nitrogens with one attached hydrogen (secondary N) is 1. The van der Waals surface area contributed by atoms with E-state index in [4.69, 9.17) is 11.6 Å². The number of hydrogen-bond acceptors (Lipinski definition) is 1. The van der Waals surface area contributed by atoms with E-state index in [0.717, 1.165) is 11.3 Å². The van der Waals surface area contributed by atoms with Crippen LogP contribution in [-0.2, 0) is 4.79 Å². The number of hydrogen-bond donors (Lipinski definition) is 1. The number of carbonyl (C=O) groups is 1. The lowest BCUT2D eigenvalue weighted by Crippen LogP contribution is -2.16. The minimum Gasteiger partial charge on any atom is -0.324 e. The van der Waals surface area contributed by atoms with E-state index >= 15 is 0 Å². The Morgan fingerprint density at radius 2 is 2.14 bits per heavy atom. The summed E-state index contributed by atoms with van der Waals surface area (Å²) in [5.41, 5.74) is 1.82. The average Bonchev–Trinajstić information content (AvgIpc) is 2.42. The Morgan fingerprint density at radius 1 is 1.43 bits per heavy atom. The van der Waals surface area contributed by atoms with Crippen LogP contribution in [-0.4, -0.2) is 5.91 Å². The normalized spacial score (nSPS) is 19.7. The molecule has 2 rings (SSSR count). The summed E-state index contributed by atoms with van der Waals surface area (Å²) in [7, 11) is 0. The molecule has 1 aliphatic heterocycles. The van der Waals surface area contributed by atoms with Crippen LogP contribution in [0, 0.1) is 5.92 Å². The quantitative estimate of drug-likeness (QED) is 0.757. The first-order valence-corrected chi connectivity index (χ1v) is 5.08. The fraction of sp³-hybridized carbons (Fsp3) is 0.364. The van der Waals surface area contributed by atoms with Gasteiger partial charge < -0.3 is 5.32 Å². The summed E-state index contributed by atoms with van der Waals surface area (Å²) in [6.07, 6.45) is 0. The molecular weight excluding hydrogens is 198 g/mol. The first-order valence-electron chi connectivity index (χ1n) is 4.70. The SMILES string of the molecule is CC(C)[C@H]1C(=O)Nc2c(Cl)cccc21. The number of halogens is 1. The minimum absolute atomic E-state index is 0.0521. The first-order chi connectivity index (χ1) is 6.61. The Labute approximate surface area is 88.3 Å². The fourth-order valence-corrected chi connectivity index (χ4v) is 2.17. The third-order valence-corrected chi connectivity index (χ3v) is 2.89. The molecule has 14 heavy (non-hydrogen) atoms. The summed E-state index contributed by atoms with van der Waals surface area (Å²) >= 11 is 5.99. The van der Waals surface area contributed by atoms with Gasteiger partial charge in [-0.25, -0.2) is 0 Å². The smallest absolute Gasteiger partial charge is 0.232 e. The molecular formula is C11H12ClNO. The van der Waals surface area contributed by atoms with Crippen molar-refractivity contribution in [1.29, 1.82) is 0 Å².